The van der Waals surface area contributed by atoms with E-state index < -0.39 is 0 Å². The lowest BCUT2D eigenvalue weighted by Crippen LogP contribution is -2.05. The second-order valence-corrected chi connectivity index (χ2v) is 6.64. The van der Waals surface area contributed by atoms with Crippen LogP contribution in [0.3, 0.4) is 0 Å². The molecule has 4 rings (SSSR count). The highest BCUT2D eigenvalue weighted by atomic mass is 15.4. The summed E-state index contributed by atoms with van der Waals surface area (Å²) in [6.07, 6.45) is 4.59. The smallest absolute Gasteiger partial charge is 0.254 e. The van der Waals surface area contributed by atoms with Crippen molar-refractivity contribution in [3.63, 3.8) is 0 Å². The summed E-state index contributed by atoms with van der Waals surface area (Å²) in [5, 5.41) is 12.2. The lowest BCUT2D eigenvalue weighted by molar-refractivity contribution is 0.488. The van der Waals surface area contributed by atoms with Gasteiger partial charge in [0.15, 0.2) is 5.82 Å². The molecule has 0 aliphatic heterocycles. The third-order valence-electron chi connectivity index (χ3n) is 4.15. The zero-order valence-corrected chi connectivity index (χ0v) is 14.9. The van der Waals surface area contributed by atoms with Crippen molar-refractivity contribution < 1.29 is 0 Å². The van der Waals surface area contributed by atoms with E-state index in [1.807, 2.05) is 53.3 Å². The van der Waals surface area contributed by atoms with E-state index in [1.165, 1.54) is 6.33 Å². The minimum absolute atomic E-state index is 0.549. The molecule has 0 radical (unpaired) electrons. The van der Waals surface area contributed by atoms with Crippen LogP contribution in [0.4, 0.5) is 11.6 Å². The normalized spacial score (nSPS) is 11.3. The summed E-state index contributed by atoms with van der Waals surface area (Å²) in [6.45, 7) is 5.34. The molecule has 0 atom stereocenters. The second-order valence-electron chi connectivity index (χ2n) is 6.64. The maximum atomic E-state index is 4.59. The molecule has 3 heterocycles. The zero-order valence-electron chi connectivity index (χ0n) is 14.9. The van der Waals surface area contributed by atoms with Crippen LogP contribution < -0.4 is 5.32 Å². The fourth-order valence-electron chi connectivity index (χ4n) is 2.73. The average Bonchev–Trinajstić information content (AvgIpc) is 3.30. The van der Waals surface area contributed by atoms with Crippen LogP contribution in [0, 0.1) is 5.92 Å². The van der Waals surface area contributed by atoms with Crippen LogP contribution in [0.25, 0.3) is 17.0 Å². The summed E-state index contributed by atoms with van der Waals surface area (Å²) in [4.78, 5) is 8.82. The van der Waals surface area contributed by atoms with Gasteiger partial charge in [-0.3, -0.25) is 4.68 Å². The van der Waals surface area contributed by atoms with Crippen molar-refractivity contribution in [2.75, 3.05) is 5.32 Å². The number of nitrogens with zero attached hydrogens (tertiary/aromatic N) is 6. The minimum Gasteiger partial charge on any atom is -0.323 e. The number of fused-ring (bicyclic) bond motifs is 1. The zero-order chi connectivity index (χ0) is 17.9. The largest absolute Gasteiger partial charge is 0.323 e. The predicted octanol–water partition coefficient (Wildman–Crippen LogP) is 3.78. The lowest BCUT2D eigenvalue weighted by Gasteiger charge is -2.08. The van der Waals surface area contributed by atoms with E-state index in [0.717, 1.165) is 35.9 Å². The summed E-state index contributed by atoms with van der Waals surface area (Å²) in [7, 11) is 0. The molecule has 0 aliphatic carbocycles. The molecule has 1 N–H and O–H groups in total. The number of anilines is 2. The highest BCUT2D eigenvalue weighted by molar-refractivity contribution is 5.67. The monoisotopic (exact) mass is 347 g/mol. The summed E-state index contributed by atoms with van der Waals surface area (Å²) >= 11 is 0. The molecule has 26 heavy (non-hydrogen) atoms. The first-order valence-corrected chi connectivity index (χ1v) is 8.76. The van der Waals surface area contributed by atoms with Crippen LogP contribution in [-0.4, -0.2) is 29.4 Å². The van der Waals surface area contributed by atoms with Crippen LogP contribution in [0.5, 0.6) is 0 Å². The third-order valence-corrected chi connectivity index (χ3v) is 4.15. The first-order chi connectivity index (χ1) is 12.7. The molecular formula is C19H21N7. The Balaban J connectivity index is 1.65. The molecule has 0 spiro atoms. The first-order valence-electron chi connectivity index (χ1n) is 8.76. The van der Waals surface area contributed by atoms with Gasteiger partial charge < -0.3 is 5.32 Å². The van der Waals surface area contributed by atoms with Gasteiger partial charge in [-0.25, -0.2) is 4.98 Å². The van der Waals surface area contributed by atoms with E-state index in [4.69, 9.17) is 0 Å². The van der Waals surface area contributed by atoms with Gasteiger partial charge in [0.2, 0.25) is 0 Å². The lowest BCUT2D eigenvalue weighted by atomic mass is 10.1. The van der Waals surface area contributed by atoms with Gasteiger partial charge in [0, 0.05) is 30.4 Å². The van der Waals surface area contributed by atoms with Crippen LogP contribution in [0.15, 0.2) is 55.0 Å². The predicted molar refractivity (Wildman–Crippen MR) is 101 cm³/mol. The Kier molecular flexibility index (Phi) is 4.35. The Morgan fingerprint density at radius 1 is 1.12 bits per heavy atom. The number of rotatable bonds is 6. The molecular weight excluding hydrogens is 326 g/mol. The van der Waals surface area contributed by atoms with Crippen LogP contribution >= 0.6 is 0 Å². The first kappa shape index (κ1) is 16.3. The van der Waals surface area contributed by atoms with Crippen molar-refractivity contribution in [3.8, 4) is 11.3 Å². The van der Waals surface area contributed by atoms with Gasteiger partial charge in [0.1, 0.15) is 12.1 Å². The van der Waals surface area contributed by atoms with Crippen LogP contribution in [-0.2, 0) is 6.54 Å². The van der Waals surface area contributed by atoms with Crippen LogP contribution in [0.1, 0.15) is 20.3 Å². The van der Waals surface area contributed by atoms with Gasteiger partial charge in [0.25, 0.3) is 5.78 Å². The molecule has 0 bridgehead atoms. The molecule has 132 valence electrons. The van der Waals surface area contributed by atoms with E-state index in [1.54, 1.807) is 4.52 Å². The van der Waals surface area contributed by atoms with Crippen molar-refractivity contribution in [2.45, 2.75) is 26.8 Å². The summed E-state index contributed by atoms with van der Waals surface area (Å²) in [5.74, 6) is 2.75. The van der Waals surface area contributed by atoms with E-state index in [-0.39, 0.29) is 0 Å². The Hall–Kier alpha value is -3.22. The standard InChI is InChI=1S/C19H21N7/c1-14(2)8-10-25-11-9-17(24-25)23-18-12-16(15-6-4-3-5-7-15)22-19-20-13-21-26(18)19/h3-7,9,11-14H,8,10H2,1-2H3,(H,23,24). The molecule has 4 aromatic rings. The van der Waals surface area contributed by atoms with Gasteiger partial charge in [-0.1, -0.05) is 44.2 Å². The summed E-state index contributed by atoms with van der Waals surface area (Å²) < 4.78 is 3.64. The molecule has 3 aromatic heterocycles. The van der Waals surface area contributed by atoms with Gasteiger partial charge >= 0.3 is 0 Å². The third kappa shape index (κ3) is 3.42. The molecule has 0 aliphatic rings. The minimum atomic E-state index is 0.549. The average molecular weight is 347 g/mol. The van der Waals surface area contributed by atoms with E-state index in [0.29, 0.717) is 11.7 Å². The topological polar surface area (TPSA) is 72.9 Å². The Labute approximate surface area is 151 Å². The van der Waals surface area contributed by atoms with Gasteiger partial charge in [-0.05, 0) is 12.3 Å². The van der Waals surface area contributed by atoms with Gasteiger partial charge in [-0.2, -0.15) is 19.7 Å². The molecule has 0 amide bonds. The number of aromatic nitrogens is 6. The fourth-order valence-corrected chi connectivity index (χ4v) is 2.73. The quantitative estimate of drug-likeness (QED) is 0.575. The van der Waals surface area contributed by atoms with Crippen LogP contribution in [0.2, 0.25) is 0 Å². The van der Waals surface area contributed by atoms with Crippen molar-refractivity contribution in [1.29, 1.82) is 0 Å². The Morgan fingerprint density at radius 3 is 2.77 bits per heavy atom. The number of hydrogen-bond acceptors (Lipinski definition) is 5. The molecule has 0 unspecified atom stereocenters. The molecule has 0 saturated carbocycles. The molecule has 7 nitrogen and oxygen atoms in total. The highest BCUT2D eigenvalue weighted by Crippen LogP contribution is 2.23. The van der Waals surface area contributed by atoms with Gasteiger partial charge in [0.05, 0.1) is 5.69 Å². The number of nitrogens with one attached hydrogen (secondary N) is 1. The van der Waals surface area contributed by atoms with Gasteiger partial charge in [-0.15, -0.1) is 0 Å². The highest BCUT2D eigenvalue weighted by Gasteiger charge is 2.10. The van der Waals surface area contributed by atoms with E-state index in [9.17, 15) is 0 Å². The number of benzene rings is 1. The van der Waals surface area contributed by atoms with E-state index >= 15 is 0 Å². The number of aryl methyl sites for hydroxylation is 1. The van der Waals surface area contributed by atoms with Crippen molar-refractivity contribution in [3.05, 3.63) is 55.0 Å². The maximum Gasteiger partial charge on any atom is 0.254 e. The molecule has 0 saturated heterocycles. The molecule has 0 fully saturated rings. The fraction of sp³-hybridized carbons (Fsp3) is 0.263. The van der Waals surface area contributed by atoms with E-state index in [2.05, 4.69) is 39.3 Å². The summed E-state index contributed by atoms with van der Waals surface area (Å²) in [5.41, 5.74) is 1.87. The molecule has 1 aromatic carbocycles. The van der Waals surface area contributed by atoms with Crippen molar-refractivity contribution in [2.24, 2.45) is 5.92 Å². The van der Waals surface area contributed by atoms with Crippen molar-refractivity contribution in [1.82, 2.24) is 29.4 Å². The Bertz CT molecular complexity index is 1000. The number of hydrogen-bond donors (Lipinski definition) is 1. The maximum absolute atomic E-state index is 4.59. The summed E-state index contributed by atoms with van der Waals surface area (Å²) in [6, 6.07) is 14.0. The second kappa shape index (κ2) is 6.95. The Morgan fingerprint density at radius 2 is 1.96 bits per heavy atom. The SMILES string of the molecule is CC(C)CCn1ccc(Nc2cc(-c3ccccc3)nc3ncnn23)n1. The molecule has 7 heteroatoms. The van der Waals surface area contributed by atoms with Crippen molar-refractivity contribution >= 4 is 17.4 Å².